The van der Waals surface area contributed by atoms with Crippen molar-refractivity contribution in [3.05, 3.63) is 75.8 Å². The second kappa shape index (κ2) is 9.14. The standard InChI is InChI=1S/C28H29BrN2O3/c1-3-17-14-21(29)15-18(4-2)25(17)30-26(32)22(12-16-8-6-5-7-9-16)31-27(33)23-19-10-11-20(13-19)24(23)28(31)34/h5-11,14-15,19-20,22-24H,3-4,12-13H2,1-2H3,(H,30,32)/t19-,20-,22-,23+,24+/m0/s1. The summed E-state index contributed by atoms with van der Waals surface area (Å²) in [6.07, 6.45) is 6.84. The molecule has 2 bridgehead atoms. The molecule has 176 valence electrons. The van der Waals surface area contributed by atoms with Crippen LogP contribution < -0.4 is 5.32 Å². The summed E-state index contributed by atoms with van der Waals surface area (Å²) in [5.74, 6) is -1.10. The van der Waals surface area contributed by atoms with Crippen LogP contribution in [0.3, 0.4) is 0 Å². The normalized spacial score (nSPS) is 25.7. The van der Waals surface area contributed by atoms with E-state index in [0.29, 0.717) is 6.42 Å². The number of imide groups is 1. The van der Waals surface area contributed by atoms with Crippen LogP contribution in [0.4, 0.5) is 5.69 Å². The van der Waals surface area contributed by atoms with Gasteiger partial charge in [0.05, 0.1) is 11.8 Å². The molecule has 1 saturated heterocycles. The Hall–Kier alpha value is -2.73. The number of anilines is 1. The van der Waals surface area contributed by atoms with E-state index in [1.807, 2.05) is 42.5 Å². The first kappa shape index (κ1) is 23.0. The van der Waals surface area contributed by atoms with Crippen LogP contribution in [0.1, 0.15) is 37.0 Å². The Morgan fingerprint density at radius 2 is 1.56 bits per heavy atom. The lowest BCUT2D eigenvalue weighted by Crippen LogP contribution is -2.49. The van der Waals surface area contributed by atoms with Gasteiger partial charge in [0.15, 0.2) is 0 Å². The van der Waals surface area contributed by atoms with Crippen LogP contribution >= 0.6 is 15.9 Å². The first-order valence-corrected chi connectivity index (χ1v) is 12.9. The van der Waals surface area contributed by atoms with Crippen molar-refractivity contribution in [1.29, 1.82) is 0 Å². The molecule has 5 rings (SSSR count). The van der Waals surface area contributed by atoms with Gasteiger partial charge in [-0.1, -0.05) is 72.3 Å². The lowest BCUT2D eigenvalue weighted by atomic mass is 9.85. The van der Waals surface area contributed by atoms with E-state index in [1.165, 1.54) is 4.90 Å². The third-order valence-corrected chi connectivity index (χ3v) is 8.12. The van der Waals surface area contributed by atoms with Gasteiger partial charge < -0.3 is 5.32 Å². The average Bonchev–Trinajstić information content (AvgIpc) is 3.53. The summed E-state index contributed by atoms with van der Waals surface area (Å²) in [6.45, 7) is 4.10. The summed E-state index contributed by atoms with van der Waals surface area (Å²) in [4.78, 5) is 42.2. The molecule has 1 aliphatic heterocycles. The minimum absolute atomic E-state index is 0.113. The Labute approximate surface area is 208 Å². The highest BCUT2D eigenvalue weighted by Gasteiger charge is 2.61. The highest BCUT2D eigenvalue weighted by atomic mass is 79.9. The van der Waals surface area contributed by atoms with Crippen LogP contribution in [0.25, 0.3) is 0 Å². The number of fused-ring (bicyclic) bond motifs is 5. The van der Waals surface area contributed by atoms with Crippen LogP contribution in [-0.4, -0.2) is 28.7 Å². The number of carbonyl (C=O) groups excluding carboxylic acids is 3. The fraction of sp³-hybridized carbons (Fsp3) is 0.393. The Kier molecular flexibility index (Phi) is 6.19. The summed E-state index contributed by atoms with van der Waals surface area (Å²) in [7, 11) is 0. The fourth-order valence-electron chi connectivity index (χ4n) is 6.02. The fourth-order valence-corrected chi connectivity index (χ4v) is 6.57. The molecule has 2 aliphatic carbocycles. The van der Waals surface area contributed by atoms with Crippen molar-refractivity contribution >= 4 is 39.3 Å². The van der Waals surface area contributed by atoms with Crippen molar-refractivity contribution < 1.29 is 14.4 Å². The van der Waals surface area contributed by atoms with Gasteiger partial charge in [-0.25, -0.2) is 0 Å². The molecule has 5 nitrogen and oxygen atoms in total. The third kappa shape index (κ3) is 3.82. The van der Waals surface area contributed by atoms with Gasteiger partial charge in [-0.15, -0.1) is 0 Å². The molecular formula is C28H29BrN2O3. The summed E-state index contributed by atoms with van der Waals surface area (Å²) >= 11 is 3.57. The number of amides is 3. The molecule has 2 aromatic carbocycles. The summed E-state index contributed by atoms with van der Waals surface area (Å²) in [5.41, 5.74) is 3.76. The lowest BCUT2D eigenvalue weighted by Gasteiger charge is -2.28. The van der Waals surface area contributed by atoms with Gasteiger partial charge in [0, 0.05) is 16.6 Å². The monoisotopic (exact) mass is 520 g/mol. The molecule has 34 heavy (non-hydrogen) atoms. The summed E-state index contributed by atoms with van der Waals surface area (Å²) in [5, 5.41) is 3.13. The zero-order valence-electron chi connectivity index (χ0n) is 19.5. The van der Waals surface area contributed by atoms with E-state index in [-0.39, 0.29) is 41.4 Å². The molecule has 5 atom stereocenters. The molecular weight excluding hydrogens is 492 g/mol. The van der Waals surface area contributed by atoms with E-state index >= 15 is 0 Å². The summed E-state index contributed by atoms with van der Waals surface area (Å²) in [6, 6.07) is 12.8. The lowest BCUT2D eigenvalue weighted by molar-refractivity contribution is -0.147. The number of benzene rings is 2. The second-order valence-electron chi connectivity index (χ2n) is 9.55. The van der Waals surface area contributed by atoms with Gasteiger partial charge in [0.25, 0.3) is 0 Å². The predicted octanol–water partition coefficient (Wildman–Crippen LogP) is 4.93. The summed E-state index contributed by atoms with van der Waals surface area (Å²) < 4.78 is 0.973. The quantitative estimate of drug-likeness (QED) is 0.415. The van der Waals surface area contributed by atoms with Gasteiger partial charge >= 0.3 is 0 Å². The Morgan fingerprint density at radius 1 is 1.00 bits per heavy atom. The topological polar surface area (TPSA) is 66.5 Å². The molecule has 0 unspecified atom stereocenters. The molecule has 1 saturated carbocycles. The minimum Gasteiger partial charge on any atom is -0.324 e. The van der Waals surface area contributed by atoms with E-state index in [4.69, 9.17) is 0 Å². The molecule has 0 aromatic heterocycles. The molecule has 1 heterocycles. The second-order valence-corrected chi connectivity index (χ2v) is 10.5. The molecule has 3 amide bonds. The number of halogens is 1. The van der Waals surface area contributed by atoms with Crippen molar-refractivity contribution in [2.75, 3.05) is 5.32 Å². The van der Waals surface area contributed by atoms with Crippen molar-refractivity contribution in [2.24, 2.45) is 23.7 Å². The largest absolute Gasteiger partial charge is 0.324 e. The van der Waals surface area contributed by atoms with Gasteiger partial charge in [-0.2, -0.15) is 0 Å². The maximum absolute atomic E-state index is 13.8. The van der Waals surface area contributed by atoms with Crippen molar-refractivity contribution in [3.8, 4) is 0 Å². The number of nitrogens with zero attached hydrogens (tertiary/aromatic N) is 1. The number of likely N-dealkylation sites (tertiary alicyclic amines) is 1. The van der Waals surface area contributed by atoms with Gasteiger partial charge in [0.2, 0.25) is 17.7 Å². The van der Waals surface area contributed by atoms with E-state index in [2.05, 4.69) is 47.2 Å². The van der Waals surface area contributed by atoms with E-state index in [0.717, 1.165) is 46.1 Å². The Bertz CT molecular complexity index is 1120. The highest BCUT2D eigenvalue weighted by Crippen LogP contribution is 2.53. The number of aryl methyl sites for hydroxylation is 2. The highest BCUT2D eigenvalue weighted by molar-refractivity contribution is 9.10. The number of nitrogens with one attached hydrogen (secondary N) is 1. The number of allylic oxidation sites excluding steroid dienone is 2. The van der Waals surface area contributed by atoms with E-state index in [9.17, 15) is 14.4 Å². The zero-order valence-corrected chi connectivity index (χ0v) is 21.0. The zero-order chi connectivity index (χ0) is 24.0. The molecule has 1 N–H and O–H groups in total. The van der Waals surface area contributed by atoms with Crippen LogP contribution in [0.2, 0.25) is 0 Å². The molecule has 3 aliphatic rings. The van der Waals surface area contributed by atoms with Crippen LogP contribution in [0.15, 0.2) is 59.1 Å². The predicted molar refractivity (Wildman–Crippen MR) is 135 cm³/mol. The third-order valence-electron chi connectivity index (χ3n) is 7.67. The molecule has 2 fully saturated rings. The van der Waals surface area contributed by atoms with Gasteiger partial charge in [0.1, 0.15) is 6.04 Å². The number of hydrogen-bond acceptors (Lipinski definition) is 3. The van der Waals surface area contributed by atoms with E-state index in [1.54, 1.807) is 0 Å². The molecule has 0 spiro atoms. The van der Waals surface area contributed by atoms with Gasteiger partial charge in [-0.3, -0.25) is 19.3 Å². The minimum atomic E-state index is -0.884. The first-order chi connectivity index (χ1) is 16.4. The molecule has 0 radical (unpaired) electrons. The van der Waals surface area contributed by atoms with Crippen LogP contribution in [0, 0.1) is 23.7 Å². The smallest absolute Gasteiger partial charge is 0.248 e. The van der Waals surface area contributed by atoms with Crippen molar-refractivity contribution in [2.45, 2.75) is 45.6 Å². The average molecular weight is 521 g/mol. The number of rotatable bonds is 7. The van der Waals surface area contributed by atoms with Crippen molar-refractivity contribution in [1.82, 2.24) is 4.90 Å². The van der Waals surface area contributed by atoms with E-state index < -0.39 is 6.04 Å². The van der Waals surface area contributed by atoms with Crippen LogP contribution in [0.5, 0.6) is 0 Å². The SMILES string of the molecule is CCc1cc(Br)cc(CC)c1NC(=O)[C@H](Cc1ccccc1)N1C(=O)[C@H]2[C@H](C1=O)[C@H]1C=C[C@H]2C1. The van der Waals surface area contributed by atoms with Gasteiger partial charge in [-0.05, 0) is 59.9 Å². The maximum atomic E-state index is 13.8. The Morgan fingerprint density at radius 3 is 2.09 bits per heavy atom. The van der Waals surface area contributed by atoms with Crippen molar-refractivity contribution in [3.63, 3.8) is 0 Å². The number of carbonyl (C=O) groups is 3. The first-order valence-electron chi connectivity index (χ1n) is 12.1. The Balaban J connectivity index is 1.50. The molecule has 2 aromatic rings. The maximum Gasteiger partial charge on any atom is 0.248 e. The van der Waals surface area contributed by atoms with Crippen LogP contribution in [-0.2, 0) is 33.6 Å². The number of hydrogen-bond donors (Lipinski definition) is 1. The molecule has 6 heteroatoms.